The zero-order chi connectivity index (χ0) is 5.28. The number of hydrogen-bond acceptors (Lipinski definition) is 0. The van der Waals surface area contributed by atoms with Gasteiger partial charge in [0.15, 0.2) is 0 Å². The van der Waals surface area contributed by atoms with Crippen LogP contribution in [0, 0.1) is 0 Å². The molecule has 0 unspecified atom stereocenters. The van der Waals surface area contributed by atoms with Gasteiger partial charge in [-0.15, -0.1) is 23.9 Å². The molecule has 0 aliphatic rings. The van der Waals surface area contributed by atoms with Crippen molar-refractivity contribution in [1.82, 2.24) is 4.98 Å². The largest absolute Gasteiger partial charge is 0.659 e. The maximum absolute atomic E-state index is 3.89. The van der Waals surface area contributed by atoms with Crippen LogP contribution in [0.25, 0.3) is 13.2 Å². The Morgan fingerprint density at radius 2 is 1.57 bits per heavy atom. The van der Waals surface area contributed by atoms with Gasteiger partial charge in [0.25, 0.3) is 0 Å². The molecule has 0 fully saturated rings. The van der Waals surface area contributed by atoms with Crippen LogP contribution in [0.1, 0.15) is 0 Å². The molecule has 0 saturated carbocycles. The summed E-state index contributed by atoms with van der Waals surface area (Å²) in [6.07, 6.45) is 0. The van der Waals surface area contributed by atoms with E-state index in [9.17, 15) is 0 Å². The smallest absolute Gasteiger partial charge is 0.0788 e. The van der Waals surface area contributed by atoms with Crippen LogP contribution in [0.2, 0.25) is 0 Å². The van der Waals surface area contributed by atoms with E-state index < -0.39 is 0 Å². The predicted molar refractivity (Wildman–Crippen MR) is 30.1 cm³/mol. The molecule has 0 aliphatic carbocycles. The monoisotopic (exact) mass is 92.1 g/mol. The SMILES string of the molecule is C=c1ccc(=C)[n-]1. The summed E-state index contributed by atoms with van der Waals surface area (Å²) in [5.74, 6) is 0. The lowest BCUT2D eigenvalue weighted by Crippen LogP contribution is -2.08. The second-order valence-corrected chi connectivity index (χ2v) is 1.43. The summed E-state index contributed by atoms with van der Waals surface area (Å²) in [5, 5.41) is 1.59. The predicted octanol–water partition coefficient (Wildman–Crippen LogP) is -0.536. The highest BCUT2D eigenvalue weighted by atomic mass is 14.6. The van der Waals surface area contributed by atoms with Crippen LogP contribution in [0.3, 0.4) is 0 Å². The quantitative estimate of drug-likeness (QED) is 0.419. The molecule has 1 rings (SSSR count). The third-order valence-electron chi connectivity index (χ3n) is 0.755. The van der Waals surface area contributed by atoms with E-state index in [4.69, 9.17) is 0 Å². The van der Waals surface area contributed by atoms with Gasteiger partial charge < -0.3 is 4.98 Å². The van der Waals surface area contributed by atoms with Crippen molar-refractivity contribution in [3.8, 4) is 0 Å². The molecular formula is C6H6N-. The summed E-state index contributed by atoms with van der Waals surface area (Å²) in [6.45, 7) is 7.18. The molecule has 0 bridgehead atoms. The Kier molecular flexibility index (Phi) is 0.754. The Morgan fingerprint density at radius 1 is 1.14 bits per heavy atom. The molecule has 0 amide bonds. The fraction of sp³-hybridized carbons (Fsp3) is 0. The average Bonchev–Trinajstić information content (AvgIpc) is 1.87. The van der Waals surface area contributed by atoms with E-state index in [0.29, 0.717) is 0 Å². The Labute approximate surface area is 42.0 Å². The van der Waals surface area contributed by atoms with Crippen LogP contribution < -0.4 is 15.7 Å². The summed E-state index contributed by atoms with van der Waals surface area (Å²) in [4.78, 5) is 3.89. The second kappa shape index (κ2) is 1.26. The lowest BCUT2D eigenvalue weighted by atomic mass is 10.6. The van der Waals surface area contributed by atoms with Crippen molar-refractivity contribution in [2.24, 2.45) is 0 Å². The van der Waals surface area contributed by atoms with Gasteiger partial charge in [-0.05, 0) is 0 Å². The molecule has 1 heterocycles. The third kappa shape index (κ3) is 0.712. The molecule has 7 heavy (non-hydrogen) atoms. The highest BCUT2D eigenvalue weighted by Gasteiger charge is 1.57. The zero-order valence-corrected chi connectivity index (χ0v) is 4.02. The molecular weight excluding hydrogens is 86.1 g/mol. The molecule has 0 saturated heterocycles. The first-order chi connectivity index (χ1) is 3.29. The van der Waals surface area contributed by atoms with Crippen molar-refractivity contribution >= 4 is 13.2 Å². The van der Waals surface area contributed by atoms with Crippen LogP contribution in [0.5, 0.6) is 0 Å². The summed E-state index contributed by atoms with van der Waals surface area (Å²) < 4.78 is 0. The van der Waals surface area contributed by atoms with Gasteiger partial charge >= 0.3 is 0 Å². The lowest BCUT2D eigenvalue weighted by Gasteiger charge is -1.83. The molecule has 36 valence electrons. The molecule has 0 aromatic carbocycles. The van der Waals surface area contributed by atoms with Gasteiger partial charge in [0.2, 0.25) is 0 Å². The minimum atomic E-state index is 0.796. The van der Waals surface area contributed by atoms with E-state index in [1.807, 2.05) is 12.1 Å². The Balaban J connectivity index is 3.59. The van der Waals surface area contributed by atoms with E-state index >= 15 is 0 Å². The Bertz CT molecular complexity index is 208. The minimum absolute atomic E-state index is 0.796. The second-order valence-electron chi connectivity index (χ2n) is 1.43. The molecule has 0 N–H and O–H groups in total. The zero-order valence-electron chi connectivity index (χ0n) is 4.02. The first kappa shape index (κ1) is 4.19. The molecule has 1 aromatic heterocycles. The Morgan fingerprint density at radius 3 is 1.71 bits per heavy atom. The van der Waals surface area contributed by atoms with Gasteiger partial charge in [-0.1, -0.05) is 12.1 Å². The Hall–Kier alpha value is -0.980. The average molecular weight is 92.1 g/mol. The summed E-state index contributed by atoms with van der Waals surface area (Å²) in [6, 6.07) is 3.67. The van der Waals surface area contributed by atoms with Gasteiger partial charge in [-0.25, -0.2) is 0 Å². The van der Waals surface area contributed by atoms with E-state index in [2.05, 4.69) is 18.1 Å². The summed E-state index contributed by atoms with van der Waals surface area (Å²) in [5.41, 5.74) is 0. The van der Waals surface area contributed by atoms with E-state index in [1.54, 1.807) is 0 Å². The van der Waals surface area contributed by atoms with Crippen molar-refractivity contribution in [3.05, 3.63) is 22.8 Å². The first-order valence-electron chi connectivity index (χ1n) is 2.07. The fourth-order valence-corrected chi connectivity index (χ4v) is 0.451. The van der Waals surface area contributed by atoms with Crippen molar-refractivity contribution in [2.45, 2.75) is 0 Å². The van der Waals surface area contributed by atoms with Gasteiger partial charge in [-0.2, -0.15) is 0 Å². The number of rotatable bonds is 0. The molecule has 1 heteroatoms. The topological polar surface area (TPSA) is 14.1 Å². The van der Waals surface area contributed by atoms with E-state index in [-0.39, 0.29) is 0 Å². The molecule has 0 radical (unpaired) electrons. The third-order valence-corrected chi connectivity index (χ3v) is 0.755. The summed E-state index contributed by atoms with van der Waals surface area (Å²) >= 11 is 0. The van der Waals surface area contributed by atoms with Crippen molar-refractivity contribution in [1.29, 1.82) is 0 Å². The standard InChI is InChI=1S/C6H6N/c1-5-3-4-6(2)7-5/h3-4H,1-2H2/q-1. The van der Waals surface area contributed by atoms with Crippen LogP contribution in [-0.2, 0) is 0 Å². The van der Waals surface area contributed by atoms with Gasteiger partial charge in [0, 0.05) is 0 Å². The van der Waals surface area contributed by atoms with Gasteiger partial charge in [0.1, 0.15) is 0 Å². The highest BCUT2D eigenvalue weighted by Crippen LogP contribution is 1.51. The van der Waals surface area contributed by atoms with E-state index in [1.165, 1.54) is 0 Å². The molecule has 0 spiro atoms. The molecule has 0 atom stereocenters. The molecule has 1 nitrogen and oxygen atoms in total. The summed E-state index contributed by atoms with van der Waals surface area (Å²) in [7, 11) is 0. The van der Waals surface area contributed by atoms with Crippen LogP contribution in [0.4, 0.5) is 0 Å². The van der Waals surface area contributed by atoms with E-state index in [0.717, 1.165) is 10.7 Å². The maximum Gasteiger partial charge on any atom is -0.0788 e. The number of aromatic nitrogens is 1. The molecule has 0 aliphatic heterocycles. The van der Waals surface area contributed by atoms with Crippen LogP contribution in [0.15, 0.2) is 12.1 Å². The van der Waals surface area contributed by atoms with Gasteiger partial charge in [0.05, 0.1) is 0 Å². The first-order valence-corrected chi connectivity index (χ1v) is 2.07. The number of nitrogens with zero attached hydrogens (tertiary/aromatic N) is 1. The fourth-order valence-electron chi connectivity index (χ4n) is 0.451. The lowest BCUT2D eigenvalue weighted by molar-refractivity contribution is 1.25. The minimum Gasteiger partial charge on any atom is -0.659 e. The normalized spacial score (nSPS) is 9.14. The maximum atomic E-state index is 3.89. The highest BCUT2D eigenvalue weighted by molar-refractivity contribution is 5.04. The van der Waals surface area contributed by atoms with Crippen molar-refractivity contribution in [3.63, 3.8) is 0 Å². The number of hydrogen-bond donors (Lipinski definition) is 0. The van der Waals surface area contributed by atoms with Gasteiger partial charge in [-0.3, -0.25) is 0 Å². The van der Waals surface area contributed by atoms with Crippen molar-refractivity contribution < 1.29 is 0 Å². The van der Waals surface area contributed by atoms with Crippen LogP contribution >= 0.6 is 0 Å². The van der Waals surface area contributed by atoms with Crippen LogP contribution in [-0.4, -0.2) is 0 Å². The van der Waals surface area contributed by atoms with Crippen molar-refractivity contribution in [2.75, 3.05) is 0 Å². The molecule has 1 aromatic rings.